The lowest BCUT2D eigenvalue weighted by Crippen LogP contribution is -2.27. The fourth-order valence-electron chi connectivity index (χ4n) is 4.85. The third-order valence-corrected chi connectivity index (χ3v) is 6.88. The summed E-state index contributed by atoms with van der Waals surface area (Å²) in [6.45, 7) is 7.06. The Morgan fingerprint density at radius 3 is 2.55 bits per heavy atom. The van der Waals surface area contributed by atoms with Gasteiger partial charge in [-0.1, -0.05) is 37.6 Å². The van der Waals surface area contributed by atoms with Crippen molar-refractivity contribution >= 4 is 5.97 Å². The van der Waals surface area contributed by atoms with Gasteiger partial charge in [-0.25, -0.2) is 9.59 Å². The minimum atomic E-state index is -0.446. The summed E-state index contributed by atoms with van der Waals surface area (Å²) < 4.78 is 10.5. The zero-order chi connectivity index (χ0) is 28.1. The van der Waals surface area contributed by atoms with Crippen LogP contribution in [0.1, 0.15) is 55.2 Å². The number of imidazole rings is 1. The van der Waals surface area contributed by atoms with E-state index in [1.165, 1.54) is 0 Å². The molecule has 40 heavy (non-hydrogen) atoms. The van der Waals surface area contributed by atoms with Gasteiger partial charge in [-0.15, -0.1) is 10.2 Å². The van der Waals surface area contributed by atoms with Gasteiger partial charge in [0.2, 0.25) is 5.82 Å². The molecule has 0 amide bonds. The lowest BCUT2D eigenvalue weighted by atomic mass is 10.00. The maximum absolute atomic E-state index is 14.0. The Labute approximate surface area is 231 Å². The summed E-state index contributed by atoms with van der Waals surface area (Å²) in [5, 5.41) is 14.2. The van der Waals surface area contributed by atoms with Crippen molar-refractivity contribution in [3.8, 4) is 28.3 Å². The van der Waals surface area contributed by atoms with E-state index in [2.05, 4.69) is 32.5 Å². The third kappa shape index (κ3) is 5.22. The van der Waals surface area contributed by atoms with Crippen LogP contribution in [0.25, 0.3) is 28.3 Å². The molecule has 0 saturated heterocycles. The zero-order valence-corrected chi connectivity index (χ0v) is 22.9. The Kier molecular flexibility index (Phi) is 7.99. The smallest absolute Gasteiger partial charge is 0.341 e. The molecular formula is C29H32N8O3. The van der Waals surface area contributed by atoms with Gasteiger partial charge in [0.05, 0.1) is 13.2 Å². The van der Waals surface area contributed by atoms with Crippen molar-refractivity contribution in [2.24, 2.45) is 0 Å². The Morgan fingerprint density at radius 2 is 1.85 bits per heavy atom. The van der Waals surface area contributed by atoms with Gasteiger partial charge in [-0.05, 0) is 60.7 Å². The van der Waals surface area contributed by atoms with Gasteiger partial charge in [0.15, 0.2) is 0 Å². The van der Waals surface area contributed by atoms with E-state index in [4.69, 9.17) is 4.74 Å². The van der Waals surface area contributed by atoms with Crippen LogP contribution in [0.4, 0.5) is 0 Å². The molecule has 0 spiro atoms. The van der Waals surface area contributed by atoms with Crippen molar-refractivity contribution in [2.75, 3.05) is 6.61 Å². The van der Waals surface area contributed by atoms with Crippen LogP contribution in [0.15, 0.2) is 66.0 Å². The number of H-pyrrole nitrogens is 1. The molecule has 5 aromatic rings. The predicted octanol–water partition coefficient (Wildman–Crippen LogP) is 4.27. The molecule has 5 rings (SSSR count). The van der Waals surface area contributed by atoms with Crippen LogP contribution in [-0.2, 0) is 24.2 Å². The number of nitrogens with one attached hydrogen (secondary N) is 1. The van der Waals surface area contributed by atoms with Crippen molar-refractivity contribution in [3.05, 3.63) is 88.5 Å². The van der Waals surface area contributed by atoms with Crippen LogP contribution in [0.5, 0.6) is 0 Å². The standard InChI is InChI=1S/C29H32N8O3/c1-4-7-8-23-19-37(27-25(28(38)40-6-3)14-16-35(27)5-2)29(39)36(23)18-22-17-30-15-13-24(22)20-9-11-21(12-10-20)26-31-33-34-32-26/h9-17,19H,4-8,18H2,1-3H3,(H,31,32,33,34). The van der Waals surface area contributed by atoms with Gasteiger partial charge in [0.25, 0.3) is 0 Å². The van der Waals surface area contributed by atoms with Crippen LogP contribution in [0.3, 0.4) is 0 Å². The highest BCUT2D eigenvalue weighted by Crippen LogP contribution is 2.27. The fourth-order valence-corrected chi connectivity index (χ4v) is 4.85. The summed E-state index contributed by atoms with van der Waals surface area (Å²) in [7, 11) is 0. The van der Waals surface area contributed by atoms with E-state index in [9.17, 15) is 9.59 Å². The maximum Gasteiger partial charge on any atom is 0.341 e. The number of pyridine rings is 1. The van der Waals surface area contributed by atoms with Crippen LogP contribution in [0, 0.1) is 0 Å². The number of esters is 1. The summed E-state index contributed by atoms with van der Waals surface area (Å²) in [5.74, 6) is 0.596. The number of hydrogen-bond acceptors (Lipinski definition) is 7. The average molecular weight is 541 g/mol. The molecule has 0 unspecified atom stereocenters. The maximum atomic E-state index is 14.0. The highest BCUT2D eigenvalue weighted by molar-refractivity contribution is 5.93. The van der Waals surface area contributed by atoms with Crippen molar-refractivity contribution in [3.63, 3.8) is 0 Å². The van der Waals surface area contributed by atoms with E-state index >= 15 is 0 Å². The number of hydrogen-bond donors (Lipinski definition) is 1. The number of carbonyl (C=O) groups excluding carboxylic acids is 1. The number of unbranched alkanes of at least 4 members (excludes halogenated alkanes) is 1. The SMILES string of the molecule is CCCCc1cn(-c2c(C(=O)OCC)ccn2CC)c(=O)n1Cc1cnccc1-c1ccc(-c2nn[nH]n2)cc1. The average Bonchev–Trinajstić information content (AvgIpc) is 3.73. The number of aryl methyl sites for hydroxylation is 2. The molecule has 206 valence electrons. The van der Waals surface area contributed by atoms with Gasteiger partial charge in [-0.2, -0.15) is 5.21 Å². The first-order chi connectivity index (χ1) is 19.5. The van der Waals surface area contributed by atoms with Gasteiger partial charge in [-0.3, -0.25) is 14.1 Å². The highest BCUT2D eigenvalue weighted by Gasteiger charge is 2.23. The number of aromatic amines is 1. The van der Waals surface area contributed by atoms with Gasteiger partial charge >= 0.3 is 11.7 Å². The Balaban J connectivity index is 1.56. The highest BCUT2D eigenvalue weighted by atomic mass is 16.5. The first-order valence-corrected chi connectivity index (χ1v) is 13.5. The summed E-state index contributed by atoms with van der Waals surface area (Å²) >= 11 is 0. The quantitative estimate of drug-likeness (QED) is 0.248. The Morgan fingerprint density at radius 1 is 1.05 bits per heavy atom. The van der Waals surface area contributed by atoms with Crippen molar-refractivity contribution in [1.29, 1.82) is 0 Å². The van der Waals surface area contributed by atoms with Crippen LogP contribution < -0.4 is 5.69 Å². The van der Waals surface area contributed by atoms with Crippen molar-refractivity contribution < 1.29 is 9.53 Å². The van der Waals surface area contributed by atoms with Gasteiger partial charge in [0, 0.05) is 42.6 Å². The van der Waals surface area contributed by atoms with Crippen molar-refractivity contribution in [2.45, 2.75) is 53.1 Å². The first-order valence-electron chi connectivity index (χ1n) is 13.5. The number of rotatable bonds is 11. The molecule has 0 aliphatic rings. The van der Waals surface area contributed by atoms with E-state index in [0.717, 1.165) is 47.2 Å². The number of nitrogens with zero attached hydrogens (tertiary/aromatic N) is 7. The predicted molar refractivity (Wildman–Crippen MR) is 150 cm³/mol. The third-order valence-electron chi connectivity index (χ3n) is 6.88. The number of ether oxygens (including phenoxy) is 1. The summed E-state index contributed by atoms with van der Waals surface area (Å²) in [6, 6.07) is 11.5. The lowest BCUT2D eigenvalue weighted by molar-refractivity contribution is 0.0526. The topological polar surface area (TPSA) is 126 Å². The van der Waals surface area contributed by atoms with E-state index in [-0.39, 0.29) is 12.3 Å². The monoisotopic (exact) mass is 540 g/mol. The van der Waals surface area contributed by atoms with Gasteiger partial charge in [0.1, 0.15) is 11.4 Å². The second kappa shape index (κ2) is 11.9. The molecule has 11 nitrogen and oxygen atoms in total. The molecule has 4 heterocycles. The summed E-state index contributed by atoms with van der Waals surface area (Å²) in [4.78, 5) is 31.1. The molecule has 0 aliphatic carbocycles. The molecule has 0 bridgehead atoms. The van der Waals surface area contributed by atoms with Gasteiger partial charge < -0.3 is 9.30 Å². The van der Waals surface area contributed by atoms with Crippen LogP contribution in [-0.4, -0.2) is 51.9 Å². The lowest BCUT2D eigenvalue weighted by Gasteiger charge is -2.12. The number of tetrazole rings is 1. The van der Waals surface area contributed by atoms with Crippen molar-refractivity contribution in [1.82, 2.24) is 39.3 Å². The molecular weight excluding hydrogens is 508 g/mol. The summed E-state index contributed by atoms with van der Waals surface area (Å²) in [6.07, 6.45) is 9.87. The second-order valence-corrected chi connectivity index (χ2v) is 9.37. The number of aromatic nitrogens is 8. The molecule has 11 heteroatoms. The normalized spacial score (nSPS) is 11.2. The second-order valence-electron chi connectivity index (χ2n) is 9.37. The minimum Gasteiger partial charge on any atom is -0.462 e. The van der Waals surface area contributed by atoms with Crippen LogP contribution >= 0.6 is 0 Å². The molecule has 4 aromatic heterocycles. The number of benzene rings is 1. The molecule has 0 atom stereocenters. The largest absolute Gasteiger partial charge is 0.462 e. The Bertz CT molecular complexity index is 1650. The van der Waals surface area contributed by atoms with E-state index < -0.39 is 5.97 Å². The van der Waals surface area contributed by atoms with E-state index in [1.54, 1.807) is 34.5 Å². The zero-order valence-electron chi connectivity index (χ0n) is 22.9. The first kappa shape index (κ1) is 26.8. The molecule has 0 fully saturated rings. The fraction of sp³-hybridized carbons (Fsp3) is 0.310. The molecule has 1 aromatic carbocycles. The minimum absolute atomic E-state index is 0.215. The Hall–Kier alpha value is -4.80. The summed E-state index contributed by atoms with van der Waals surface area (Å²) in [5.41, 5.74) is 4.76. The number of carbonyl (C=O) groups is 1. The van der Waals surface area contributed by atoms with E-state index in [1.807, 2.05) is 54.2 Å². The molecule has 1 N–H and O–H groups in total. The molecule has 0 radical (unpaired) electrons. The molecule has 0 saturated carbocycles. The van der Waals surface area contributed by atoms with E-state index in [0.29, 0.717) is 30.3 Å². The molecule has 0 aliphatic heterocycles. The van der Waals surface area contributed by atoms with Crippen LogP contribution in [0.2, 0.25) is 0 Å².